The van der Waals surface area contributed by atoms with Gasteiger partial charge in [0.25, 0.3) is 10.0 Å². The zero-order valence-corrected chi connectivity index (χ0v) is 11.7. The molecule has 0 atom stereocenters. The summed E-state index contributed by atoms with van der Waals surface area (Å²) in [6.07, 6.45) is 1.19. The van der Waals surface area contributed by atoms with Gasteiger partial charge in [0.1, 0.15) is 0 Å². The fourth-order valence-corrected chi connectivity index (χ4v) is 2.91. The number of pyridine rings is 1. The minimum atomic E-state index is -5.13. The van der Waals surface area contributed by atoms with Gasteiger partial charge in [0.2, 0.25) is 5.82 Å². The molecule has 118 valence electrons. The number of rotatable bonds is 3. The maximum absolute atomic E-state index is 13.5. The highest BCUT2D eigenvalue weighted by molar-refractivity contribution is 7.92. The third-order valence-corrected chi connectivity index (χ3v) is 4.13. The van der Waals surface area contributed by atoms with Crippen LogP contribution in [0.1, 0.15) is 0 Å². The number of halogens is 6. The van der Waals surface area contributed by atoms with Gasteiger partial charge in [-0.05, 0) is 12.1 Å². The molecule has 11 heteroatoms. The molecule has 1 aromatic heterocycles. The molecule has 0 unspecified atom stereocenters. The molecule has 0 fully saturated rings. The highest BCUT2D eigenvalue weighted by Gasteiger charge is 2.33. The van der Waals surface area contributed by atoms with Gasteiger partial charge in [0.05, 0.1) is 5.69 Å². The van der Waals surface area contributed by atoms with Crippen LogP contribution in [0.2, 0.25) is 5.15 Å². The number of nitrogens with one attached hydrogen (secondary N) is 1. The maximum Gasteiger partial charge on any atom is 0.268 e. The first kappa shape index (κ1) is 16.4. The fourth-order valence-electron chi connectivity index (χ4n) is 1.48. The molecule has 0 aliphatic carbocycles. The highest BCUT2D eigenvalue weighted by atomic mass is 35.5. The summed E-state index contributed by atoms with van der Waals surface area (Å²) in [6, 6.07) is 2.32. The van der Waals surface area contributed by atoms with Gasteiger partial charge in [0.15, 0.2) is 33.3 Å². The van der Waals surface area contributed by atoms with E-state index in [1.165, 1.54) is 12.3 Å². The molecular weight excluding hydrogens is 355 g/mol. The molecule has 22 heavy (non-hydrogen) atoms. The van der Waals surface area contributed by atoms with Crippen molar-refractivity contribution in [2.45, 2.75) is 4.90 Å². The Bertz CT molecular complexity index is 831. The molecule has 0 saturated carbocycles. The summed E-state index contributed by atoms with van der Waals surface area (Å²) in [6.45, 7) is 0. The van der Waals surface area contributed by atoms with Crippen LogP contribution in [-0.4, -0.2) is 13.4 Å². The SMILES string of the molecule is O=S(=O)(Nc1cccnc1Cl)c1c(F)c(F)c(F)c(F)c1F. The van der Waals surface area contributed by atoms with Crippen molar-refractivity contribution in [3.8, 4) is 0 Å². The molecule has 4 nitrogen and oxygen atoms in total. The summed E-state index contributed by atoms with van der Waals surface area (Å²) in [5.41, 5.74) is -0.395. The molecule has 1 aromatic carbocycles. The summed E-state index contributed by atoms with van der Waals surface area (Å²) in [5, 5.41) is -0.380. The average Bonchev–Trinajstić information content (AvgIpc) is 2.45. The molecule has 0 aliphatic heterocycles. The smallest absolute Gasteiger partial charge is 0.268 e. The monoisotopic (exact) mass is 358 g/mol. The summed E-state index contributed by atoms with van der Waals surface area (Å²) in [4.78, 5) is 1.48. The number of hydrogen-bond donors (Lipinski definition) is 1. The molecule has 0 bridgehead atoms. The summed E-state index contributed by atoms with van der Waals surface area (Å²) >= 11 is 5.55. The Balaban J connectivity index is 2.63. The number of sulfonamides is 1. The van der Waals surface area contributed by atoms with Crippen molar-refractivity contribution in [3.05, 3.63) is 52.6 Å². The van der Waals surface area contributed by atoms with Gasteiger partial charge in [0, 0.05) is 6.20 Å². The number of benzene rings is 1. The van der Waals surface area contributed by atoms with Crippen molar-refractivity contribution in [2.75, 3.05) is 4.72 Å². The average molecular weight is 359 g/mol. The number of anilines is 1. The Morgan fingerprint density at radius 3 is 1.95 bits per heavy atom. The van der Waals surface area contributed by atoms with Crippen molar-refractivity contribution >= 4 is 27.3 Å². The first-order valence-electron chi connectivity index (χ1n) is 5.31. The van der Waals surface area contributed by atoms with E-state index in [0.29, 0.717) is 0 Å². The van der Waals surface area contributed by atoms with E-state index in [-0.39, 0.29) is 5.15 Å². The predicted octanol–water partition coefficient (Wildman–Crippen LogP) is 3.23. The van der Waals surface area contributed by atoms with Crippen LogP contribution in [0.3, 0.4) is 0 Å². The van der Waals surface area contributed by atoms with Crippen LogP contribution in [-0.2, 0) is 10.0 Å². The van der Waals surface area contributed by atoms with E-state index in [1.807, 2.05) is 0 Å². The van der Waals surface area contributed by atoms with Crippen molar-refractivity contribution in [2.24, 2.45) is 0 Å². The molecule has 0 radical (unpaired) electrons. The molecule has 1 N–H and O–H groups in total. The molecule has 1 heterocycles. The Hall–Kier alpha value is -1.94. The molecule has 2 aromatic rings. The first-order chi connectivity index (χ1) is 10.2. The first-order valence-corrected chi connectivity index (χ1v) is 7.17. The molecule has 0 spiro atoms. The van der Waals surface area contributed by atoms with Gasteiger partial charge in [-0.25, -0.2) is 35.4 Å². The van der Waals surface area contributed by atoms with Gasteiger partial charge >= 0.3 is 0 Å². The molecule has 2 rings (SSSR count). The second-order valence-electron chi connectivity index (χ2n) is 3.85. The summed E-state index contributed by atoms with van der Waals surface area (Å²) < 4.78 is 91.4. The quantitative estimate of drug-likeness (QED) is 0.396. The van der Waals surface area contributed by atoms with E-state index in [1.54, 1.807) is 4.72 Å². The van der Waals surface area contributed by atoms with Crippen LogP contribution in [0, 0.1) is 29.1 Å². The fraction of sp³-hybridized carbons (Fsp3) is 0. The largest absolute Gasteiger partial charge is 0.276 e. The van der Waals surface area contributed by atoms with Crippen molar-refractivity contribution in [3.63, 3.8) is 0 Å². The van der Waals surface area contributed by atoms with E-state index in [4.69, 9.17) is 11.6 Å². The van der Waals surface area contributed by atoms with E-state index >= 15 is 0 Å². The predicted molar refractivity (Wildman–Crippen MR) is 66.3 cm³/mol. The van der Waals surface area contributed by atoms with E-state index in [2.05, 4.69) is 4.98 Å². The lowest BCUT2D eigenvalue weighted by atomic mass is 10.3. The number of aromatic nitrogens is 1. The van der Waals surface area contributed by atoms with Crippen LogP contribution < -0.4 is 4.72 Å². The van der Waals surface area contributed by atoms with Crippen molar-refractivity contribution in [1.82, 2.24) is 4.98 Å². The molecule has 0 saturated heterocycles. The van der Waals surface area contributed by atoms with Crippen LogP contribution in [0.5, 0.6) is 0 Å². The Morgan fingerprint density at radius 1 is 0.955 bits per heavy atom. The second kappa shape index (κ2) is 5.69. The summed E-state index contributed by atoms with van der Waals surface area (Å²) in [5.74, 6) is -12.2. The van der Waals surface area contributed by atoms with Crippen molar-refractivity contribution in [1.29, 1.82) is 0 Å². The zero-order chi connectivity index (χ0) is 16.7. The van der Waals surface area contributed by atoms with Gasteiger partial charge in [-0.3, -0.25) is 4.72 Å². The standard InChI is InChI=1S/C11H4ClF5N2O2S/c12-11-4(2-1-3-18-11)19-22(20,21)10-8(16)6(14)5(13)7(15)9(10)17/h1-3,19H. The van der Waals surface area contributed by atoms with E-state index in [9.17, 15) is 30.4 Å². The molecule has 0 aliphatic rings. The van der Waals surface area contributed by atoms with E-state index in [0.717, 1.165) is 6.07 Å². The molecule has 0 amide bonds. The van der Waals surface area contributed by atoms with E-state index < -0.39 is 49.7 Å². The second-order valence-corrected chi connectivity index (χ2v) is 5.82. The summed E-state index contributed by atoms with van der Waals surface area (Å²) in [7, 11) is -5.13. The van der Waals surface area contributed by atoms with Crippen LogP contribution in [0.4, 0.5) is 27.6 Å². The normalized spacial score (nSPS) is 11.5. The number of nitrogens with zero attached hydrogens (tertiary/aromatic N) is 1. The van der Waals surface area contributed by atoms with Gasteiger partial charge in [-0.1, -0.05) is 11.6 Å². The maximum atomic E-state index is 13.5. The lowest BCUT2D eigenvalue weighted by Crippen LogP contribution is -2.19. The van der Waals surface area contributed by atoms with Crippen LogP contribution >= 0.6 is 11.6 Å². The van der Waals surface area contributed by atoms with Gasteiger partial charge in [-0.2, -0.15) is 0 Å². The molecular formula is C11H4ClF5N2O2S. The highest BCUT2D eigenvalue weighted by Crippen LogP contribution is 2.29. The topological polar surface area (TPSA) is 59.1 Å². The van der Waals surface area contributed by atoms with Crippen molar-refractivity contribution < 1.29 is 30.4 Å². The zero-order valence-electron chi connectivity index (χ0n) is 10.2. The Kier molecular flexibility index (Phi) is 4.25. The number of hydrogen-bond acceptors (Lipinski definition) is 3. The van der Waals surface area contributed by atoms with Crippen LogP contribution in [0.25, 0.3) is 0 Å². The lowest BCUT2D eigenvalue weighted by Gasteiger charge is -2.11. The van der Waals surface area contributed by atoms with Gasteiger partial charge in [-0.15, -0.1) is 0 Å². The minimum Gasteiger partial charge on any atom is -0.276 e. The minimum absolute atomic E-state index is 0.380. The Labute approximate surface area is 125 Å². The third-order valence-electron chi connectivity index (χ3n) is 2.44. The van der Waals surface area contributed by atoms with Gasteiger partial charge < -0.3 is 0 Å². The Morgan fingerprint density at radius 2 is 1.45 bits per heavy atom. The third kappa shape index (κ3) is 2.71. The van der Waals surface area contributed by atoms with Crippen LogP contribution in [0.15, 0.2) is 23.2 Å². The lowest BCUT2D eigenvalue weighted by molar-refractivity contribution is 0.358.